The van der Waals surface area contributed by atoms with Gasteiger partial charge in [0.05, 0.1) is 18.6 Å². The van der Waals surface area contributed by atoms with Crippen LogP contribution in [0.15, 0.2) is 11.1 Å². The lowest BCUT2D eigenvalue weighted by Crippen LogP contribution is -2.13. The second kappa shape index (κ2) is 3.82. The van der Waals surface area contributed by atoms with Crippen LogP contribution in [0.2, 0.25) is 0 Å². The molecule has 4 nitrogen and oxygen atoms in total. The van der Waals surface area contributed by atoms with Gasteiger partial charge in [0.1, 0.15) is 3.57 Å². The van der Waals surface area contributed by atoms with E-state index in [0.717, 1.165) is 0 Å². The molecule has 60 valence electrons. The lowest BCUT2D eigenvalue weighted by atomic mass is 10.4. The van der Waals surface area contributed by atoms with Crippen LogP contribution in [0.3, 0.4) is 0 Å². The van der Waals surface area contributed by atoms with Crippen LogP contribution in [0.5, 0.6) is 0 Å². The van der Waals surface area contributed by atoms with Gasteiger partial charge in [0.25, 0.3) is 5.56 Å². The highest BCUT2D eigenvalue weighted by atomic mass is 127. The fourth-order valence-corrected chi connectivity index (χ4v) is 1.11. The van der Waals surface area contributed by atoms with Gasteiger partial charge < -0.3 is 9.72 Å². The van der Waals surface area contributed by atoms with Gasteiger partial charge in [-0.2, -0.15) is 0 Å². The van der Waals surface area contributed by atoms with Crippen molar-refractivity contribution in [3.63, 3.8) is 0 Å². The van der Waals surface area contributed by atoms with Gasteiger partial charge in [-0.25, -0.2) is 4.98 Å². The first kappa shape index (κ1) is 8.66. The van der Waals surface area contributed by atoms with Crippen LogP contribution in [0.4, 0.5) is 0 Å². The number of aromatic amines is 1. The largest absolute Gasteiger partial charge is 0.378 e. The third-order valence-electron chi connectivity index (χ3n) is 1.15. The lowest BCUT2D eigenvalue weighted by Gasteiger charge is -1.98. The first-order valence-corrected chi connectivity index (χ1v) is 4.04. The number of hydrogen-bond donors (Lipinski definition) is 1. The molecular formula is C6H7IN2O2. The van der Waals surface area contributed by atoms with Crippen LogP contribution in [0, 0.1) is 3.57 Å². The first-order valence-electron chi connectivity index (χ1n) is 2.96. The van der Waals surface area contributed by atoms with E-state index in [4.69, 9.17) is 4.74 Å². The average molecular weight is 266 g/mol. The average Bonchev–Trinajstić information content (AvgIpc) is 1.99. The highest BCUT2D eigenvalue weighted by molar-refractivity contribution is 14.1. The summed E-state index contributed by atoms with van der Waals surface area (Å²) in [5.74, 6) is 0. The van der Waals surface area contributed by atoms with Crippen LogP contribution >= 0.6 is 22.6 Å². The standard InChI is InChI=1S/C6H7IN2O2/c1-11-2-4-5(7)6(10)9-3-8-4/h3H,2H2,1H3,(H,8,9,10). The van der Waals surface area contributed by atoms with Gasteiger partial charge in [-0.15, -0.1) is 0 Å². The summed E-state index contributed by atoms with van der Waals surface area (Å²) < 4.78 is 5.43. The zero-order chi connectivity index (χ0) is 8.27. The van der Waals surface area contributed by atoms with Crippen LogP contribution in [0.25, 0.3) is 0 Å². The van der Waals surface area contributed by atoms with Crippen LogP contribution in [0.1, 0.15) is 5.69 Å². The molecule has 0 aliphatic rings. The van der Waals surface area contributed by atoms with Crippen molar-refractivity contribution in [2.24, 2.45) is 0 Å². The van der Waals surface area contributed by atoms with Gasteiger partial charge in [-0.3, -0.25) is 4.79 Å². The number of rotatable bonds is 2. The monoisotopic (exact) mass is 266 g/mol. The Labute approximate surface area is 77.1 Å². The summed E-state index contributed by atoms with van der Waals surface area (Å²) in [7, 11) is 1.57. The minimum Gasteiger partial charge on any atom is -0.378 e. The molecule has 0 aliphatic heterocycles. The Kier molecular flexibility index (Phi) is 3.01. The maximum absolute atomic E-state index is 11.0. The summed E-state index contributed by atoms with van der Waals surface area (Å²) in [4.78, 5) is 17.4. The zero-order valence-electron chi connectivity index (χ0n) is 5.93. The second-order valence-corrected chi connectivity index (χ2v) is 3.00. The fourth-order valence-electron chi connectivity index (χ4n) is 0.657. The molecule has 0 spiro atoms. The predicted octanol–water partition coefficient (Wildman–Crippen LogP) is 0.521. The molecule has 11 heavy (non-hydrogen) atoms. The molecule has 0 saturated carbocycles. The third-order valence-corrected chi connectivity index (χ3v) is 2.26. The van der Waals surface area contributed by atoms with E-state index in [1.807, 2.05) is 22.6 Å². The molecule has 0 bridgehead atoms. The molecule has 0 radical (unpaired) electrons. The molecule has 1 heterocycles. The van der Waals surface area contributed by atoms with Crippen molar-refractivity contribution < 1.29 is 4.74 Å². The molecule has 0 unspecified atom stereocenters. The molecule has 0 saturated heterocycles. The van der Waals surface area contributed by atoms with Crippen LogP contribution < -0.4 is 5.56 Å². The van der Waals surface area contributed by atoms with E-state index in [0.29, 0.717) is 15.9 Å². The number of halogens is 1. The van der Waals surface area contributed by atoms with Gasteiger partial charge in [0.15, 0.2) is 0 Å². The van der Waals surface area contributed by atoms with E-state index in [2.05, 4.69) is 9.97 Å². The summed E-state index contributed by atoms with van der Waals surface area (Å²) in [6.45, 7) is 0.377. The molecule has 0 aliphatic carbocycles. The second-order valence-electron chi connectivity index (χ2n) is 1.93. The van der Waals surface area contributed by atoms with Crippen molar-refractivity contribution in [3.05, 3.63) is 25.9 Å². The van der Waals surface area contributed by atoms with E-state index < -0.39 is 0 Å². The third kappa shape index (κ3) is 2.00. The van der Waals surface area contributed by atoms with Gasteiger partial charge >= 0.3 is 0 Å². The van der Waals surface area contributed by atoms with Gasteiger partial charge in [-0.1, -0.05) is 0 Å². The summed E-state index contributed by atoms with van der Waals surface area (Å²) in [6, 6.07) is 0. The molecule has 0 atom stereocenters. The van der Waals surface area contributed by atoms with Crippen LogP contribution in [-0.2, 0) is 11.3 Å². The van der Waals surface area contributed by atoms with E-state index in [-0.39, 0.29) is 5.56 Å². The van der Waals surface area contributed by atoms with Gasteiger partial charge in [0, 0.05) is 7.11 Å². The molecule has 1 rings (SSSR count). The quantitative estimate of drug-likeness (QED) is 0.794. The predicted molar refractivity (Wildman–Crippen MR) is 48.3 cm³/mol. The highest BCUT2D eigenvalue weighted by Gasteiger charge is 2.02. The number of H-pyrrole nitrogens is 1. The Balaban J connectivity index is 3.06. The zero-order valence-corrected chi connectivity index (χ0v) is 8.08. The molecule has 0 fully saturated rings. The Morgan fingerprint density at radius 3 is 3.18 bits per heavy atom. The van der Waals surface area contributed by atoms with E-state index in [9.17, 15) is 4.79 Å². The molecule has 5 heteroatoms. The number of nitrogens with zero attached hydrogens (tertiary/aromatic N) is 1. The molecular weight excluding hydrogens is 259 g/mol. The van der Waals surface area contributed by atoms with Crippen molar-refractivity contribution in [1.29, 1.82) is 0 Å². The summed E-state index contributed by atoms with van der Waals surface area (Å²) in [6.07, 6.45) is 1.37. The number of nitrogens with one attached hydrogen (secondary N) is 1. The van der Waals surface area contributed by atoms with Crippen molar-refractivity contribution in [2.75, 3.05) is 7.11 Å². The topological polar surface area (TPSA) is 55.0 Å². The molecule has 1 aromatic rings. The maximum atomic E-state index is 11.0. The van der Waals surface area contributed by atoms with E-state index in [1.54, 1.807) is 7.11 Å². The Morgan fingerprint density at radius 1 is 1.82 bits per heavy atom. The molecule has 0 amide bonds. The maximum Gasteiger partial charge on any atom is 0.264 e. The minimum atomic E-state index is -0.118. The van der Waals surface area contributed by atoms with Gasteiger partial charge in [0.2, 0.25) is 0 Å². The molecule has 1 N–H and O–H groups in total. The van der Waals surface area contributed by atoms with E-state index in [1.165, 1.54) is 6.33 Å². The summed E-state index contributed by atoms with van der Waals surface area (Å²) in [5, 5.41) is 0. The summed E-state index contributed by atoms with van der Waals surface area (Å²) in [5.41, 5.74) is 0.560. The Hall–Kier alpha value is -0.430. The Bertz CT molecular complexity index is 297. The van der Waals surface area contributed by atoms with Crippen molar-refractivity contribution in [3.8, 4) is 0 Å². The first-order chi connectivity index (χ1) is 5.25. The summed E-state index contributed by atoms with van der Waals surface area (Å²) >= 11 is 1.94. The van der Waals surface area contributed by atoms with E-state index >= 15 is 0 Å². The highest BCUT2D eigenvalue weighted by Crippen LogP contribution is 2.02. The number of methoxy groups -OCH3 is 1. The van der Waals surface area contributed by atoms with Crippen molar-refractivity contribution in [1.82, 2.24) is 9.97 Å². The van der Waals surface area contributed by atoms with Crippen molar-refractivity contribution in [2.45, 2.75) is 6.61 Å². The SMILES string of the molecule is COCc1nc[nH]c(=O)c1I. The number of hydrogen-bond acceptors (Lipinski definition) is 3. The van der Waals surface area contributed by atoms with Crippen molar-refractivity contribution >= 4 is 22.6 Å². The normalized spacial score (nSPS) is 10.0. The van der Waals surface area contributed by atoms with Crippen LogP contribution in [-0.4, -0.2) is 17.1 Å². The fraction of sp³-hybridized carbons (Fsp3) is 0.333. The number of ether oxygens (including phenoxy) is 1. The van der Waals surface area contributed by atoms with Gasteiger partial charge in [-0.05, 0) is 22.6 Å². The molecule has 1 aromatic heterocycles. The number of aromatic nitrogens is 2. The lowest BCUT2D eigenvalue weighted by molar-refractivity contribution is 0.180. The molecule has 0 aromatic carbocycles. The Morgan fingerprint density at radius 2 is 2.55 bits per heavy atom. The minimum absolute atomic E-state index is 0.118. The smallest absolute Gasteiger partial charge is 0.264 e.